The maximum atomic E-state index is 13.8. The summed E-state index contributed by atoms with van der Waals surface area (Å²) in [4.78, 5) is 25.2. The topological polar surface area (TPSA) is 50.5 Å². The van der Waals surface area contributed by atoms with Gasteiger partial charge < -0.3 is 9.47 Å². The Morgan fingerprint density at radius 1 is 1.13 bits per heavy atom. The second-order valence-corrected chi connectivity index (χ2v) is 13.4. The van der Waals surface area contributed by atoms with Crippen LogP contribution in [-0.2, 0) is 10.2 Å². The monoisotopic (exact) mass is 532 g/mol. The number of fused-ring (bicyclic) bond motifs is 2. The number of aryl methyl sites for hydroxylation is 1. The molecule has 1 saturated heterocycles. The average molecular weight is 533 g/mol. The van der Waals surface area contributed by atoms with E-state index in [0.29, 0.717) is 12.0 Å². The molecule has 2 saturated carbocycles. The average Bonchev–Trinajstić information content (AvgIpc) is 3.62. The summed E-state index contributed by atoms with van der Waals surface area (Å²) in [6.45, 7) is 10.4. The van der Waals surface area contributed by atoms with Gasteiger partial charge in [-0.2, -0.15) is 0 Å². The number of piperidine rings is 1. The summed E-state index contributed by atoms with van der Waals surface area (Å²) in [5.41, 5.74) is 2.13. The molecule has 1 aliphatic heterocycles. The Balaban J connectivity index is 0.00000323. The fourth-order valence-corrected chi connectivity index (χ4v) is 7.47. The lowest BCUT2D eigenvalue weighted by molar-refractivity contribution is -0.141. The van der Waals surface area contributed by atoms with Crippen molar-refractivity contribution in [2.24, 2.45) is 22.2 Å². The zero-order valence-corrected chi connectivity index (χ0v) is 24.0. The van der Waals surface area contributed by atoms with Gasteiger partial charge in [-0.3, -0.25) is 9.79 Å². The van der Waals surface area contributed by atoms with Crippen molar-refractivity contribution in [1.82, 2.24) is 14.5 Å². The number of aromatic nitrogens is 2. The van der Waals surface area contributed by atoms with Gasteiger partial charge in [-0.1, -0.05) is 45.1 Å². The minimum absolute atomic E-state index is 0. The molecule has 5 nitrogen and oxygen atoms in total. The Morgan fingerprint density at radius 2 is 1.85 bits per heavy atom. The molecular formula is C33H45FN4O. The molecule has 6 heteroatoms. The van der Waals surface area contributed by atoms with E-state index in [1.165, 1.54) is 29.5 Å². The second-order valence-electron chi connectivity index (χ2n) is 13.4. The zero-order chi connectivity index (χ0) is 27.4. The molecule has 4 aliphatic rings. The number of benzene rings is 1. The number of likely N-dealkylation sites (tertiary alicyclic amines) is 1. The van der Waals surface area contributed by atoms with Gasteiger partial charge in [-0.25, -0.2) is 9.37 Å². The van der Waals surface area contributed by atoms with Crippen LogP contribution in [0.1, 0.15) is 91.0 Å². The zero-order valence-electron chi connectivity index (χ0n) is 24.0. The van der Waals surface area contributed by atoms with Gasteiger partial charge in [-0.05, 0) is 75.5 Å². The van der Waals surface area contributed by atoms with Crippen LogP contribution in [0, 0.1) is 30.0 Å². The summed E-state index contributed by atoms with van der Waals surface area (Å²) in [6.07, 6.45) is 13.1. The van der Waals surface area contributed by atoms with E-state index in [1.54, 1.807) is 12.1 Å². The Hall–Kier alpha value is -2.76. The highest BCUT2D eigenvalue weighted by atomic mass is 19.1. The fraction of sp³-hybridized carbons (Fsp3) is 0.606. The molecule has 1 aromatic heterocycles. The number of imidazole rings is 1. The van der Waals surface area contributed by atoms with Crippen molar-refractivity contribution in [2.45, 2.75) is 90.5 Å². The first-order chi connectivity index (χ1) is 18.6. The molecule has 6 rings (SSSR count). The predicted octanol–water partition coefficient (Wildman–Crippen LogP) is 5.34. The van der Waals surface area contributed by atoms with Crippen molar-refractivity contribution in [1.29, 1.82) is 0 Å². The molecule has 39 heavy (non-hydrogen) atoms. The Kier molecular flexibility index (Phi) is 6.79. The van der Waals surface area contributed by atoms with E-state index in [4.69, 9.17) is 9.98 Å². The minimum Gasteiger partial charge on any atom is -0.342 e. The Labute approximate surface area is 233 Å². The normalized spacial score (nSPS) is 26.8. The number of hydrogen-bond donors (Lipinski definition) is 0. The van der Waals surface area contributed by atoms with Gasteiger partial charge >= 0.3 is 0 Å². The molecule has 1 unspecified atom stereocenters. The number of carbonyl (C=O) groups is 1. The van der Waals surface area contributed by atoms with E-state index < -0.39 is 0 Å². The number of amides is 1. The SMILES string of the molecule is Cc1nc2c(n1[C@H]1CC(=NCCC3(c4ccc(F)cc4)CCN(C(=O)C(C)(C)C)CC3)C3C[C@H]3C1)=CCCC=2.[HH]. The van der Waals surface area contributed by atoms with Crippen molar-refractivity contribution in [3.05, 3.63) is 52.2 Å². The molecule has 3 fully saturated rings. The molecule has 1 amide bonds. The predicted molar refractivity (Wildman–Crippen MR) is 157 cm³/mol. The Bertz CT molecular complexity index is 1400. The van der Waals surface area contributed by atoms with Gasteiger partial charge in [0, 0.05) is 56.0 Å². The number of halogens is 1. The minimum atomic E-state index is -0.372. The van der Waals surface area contributed by atoms with Crippen LogP contribution >= 0.6 is 0 Å². The molecule has 2 heterocycles. The van der Waals surface area contributed by atoms with Crippen molar-refractivity contribution >= 4 is 23.8 Å². The summed E-state index contributed by atoms with van der Waals surface area (Å²) in [7, 11) is 0. The quantitative estimate of drug-likeness (QED) is 0.522. The van der Waals surface area contributed by atoms with E-state index in [2.05, 4.69) is 23.6 Å². The first kappa shape index (κ1) is 26.5. The third-order valence-electron chi connectivity index (χ3n) is 9.74. The van der Waals surface area contributed by atoms with Crippen LogP contribution in [0.15, 0.2) is 29.3 Å². The molecule has 1 aromatic carbocycles. The summed E-state index contributed by atoms with van der Waals surface area (Å²) in [5.74, 6) is 2.56. The van der Waals surface area contributed by atoms with E-state index in [0.717, 1.165) is 75.3 Å². The smallest absolute Gasteiger partial charge is 0.227 e. The maximum absolute atomic E-state index is 13.8. The van der Waals surface area contributed by atoms with Crippen molar-refractivity contribution in [2.75, 3.05) is 19.6 Å². The molecule has 2 aromatic rings. The van der Waals surface area contributed by atoms with Crippen LogP contribution in [0.25, 0.3) is 12.2 Å². The van der Waals surface area contributed by atoms with Gasteiger partial charge in [0.05, 0.1) is 10.7 Å². The van der Waals surface area contributed by atoms with Gasteiger partial charge in [0.25, 0.3) is 0 Å². The highest BCUT2D eigenvalue weighted by Crippen LogP contribution is 2.51. The van der Waals surface area contributed by atoms with Crippen LogP contribution in [0.3, 0.4) is 0 Å². The standard InChI is InChI=1S/C33H43FN4O.H2/c1-22-36-28-7-5-6-8-30(28)38(22)26-19-23-20-27(23)29(21-26)35-16-13-33(24-9-11-25(34)12-10-24)14-17-37(18-15-33)31(39)32(2,3)4;/h7-12,23,26-27H,5-6,13-21H2,1-4H3;1H/t23-,26-,27?;/m1./s1. The molecule has 0 radical (unpaired) electrons. The molecule has 210 valence electrons. The maximum Gasteiger partial charge on any atom is 0.227 e. The molecule has 0 N–H and O–H groups in total. The first-order valence-corrected chi connectivity index (χ1v) is 15.0. The van der Waals surface area contributed by atoms with Gasteiger partial charge in [0.2, 0.25) is 5.91 Å². The van der Waals surface area contributed by atoms with E-state index in [-0.39, 0.29) is 24.0 Å². The number of nitrogens with zero attached hydrogens (tertiary/aromatic N) is 4. The van der Waals surface area contributed by atoms with Gasteiger partial charge in [0.1, 0.15) is 11.6 Å². The Morgan fingerprint density at radius 3 is 2.56 bits per heavy atom. The van der Waals surface area contributed by atoms with Crippen LogP contribution in [0.4, 0.5) is 4.39 Å². The van der Waals surface area contributed by atoms with Crippen molar-refractivity contribution in [3.63, 3.8) is 0 Å². The van der Waals surface area contributed by atoms with Crippen LogP contribution in [0.5, 0.6) is 0 Å². The van der Waals surface area contributed by atoms with Crippen LogP contribution < -0.4 is 10.7 Å². The third kappa shape index (κ3) is 5.12. The number of aliphatic imine (C=N–C) groups is 1. The number of rotatable bonds is 5. The number of carbonyl (C=O) groups excluding carboxylic acids is 1. The first-order valence-electron chi connectivity index (χ1n) is 15.0. The van der Waals surface area contributed by atoms with E-state index >= 15 is 0 Å². The lowest BCUT2D eigenvalue weighted by Gasteiger charge is -2.44. The lowest BCUT2D eigenvalue weighted by atomic mass is 9.70. The van der Waals surface area contributed by atoms with Gasteiger partial charge in [-0.15, -0.1) is 0 Å². The molecule has 3 aliphatic carbocycles. The van der Waals surface area contributed by atoms with Crippen LogP contribution in [-0.4, -0.2) is 45.7 Å². The summed E-state index contributed by atoms with van der Waals surface area (Å²) in [6, 6.07) is 7.52. The highest BCUT2D eigenvalue weighted by molar-refractivity contribution is 5.90. The molecule has 0 spiro atoms. The summed E-state index contributed by atoms with van der Waals surface area (Å²) < 4.78 is 16.3. The molecule has 3 atom stereocenters. The molecule has 0 bridgehead atoms. The summed E-state index contributed by atoms with van der Waals surface area (Å²) >= 11 is 0. The molecular weight excluding hydrogens is 487 g/mol. The second kappa shape index (κ2) is 10.0. The van der Waals surface area contributed by atoms with E-state index in [9.17, 15) is 9.18 Å². The van der Waals surface area contributed by atoms with Gasteiger partial charge in [0.15, 0.2) is 0 Å². The highest BCUT2D eigenvalue weighted by Gasteiger charge is 2.47. The van der Waals surface area contributed by atoms with Crippen molar-refractivity contribution in [3.8, 4) is 0 Å². The van der Waals surface area contributed by atoms with Crippen molar-refractivity contribution < 1.29 is 10.6 Å². The van der Waals surface area contributed by atoms with Crippen LogP contribution in [0.2, 0.25) is 0 Å². The largest absolute Gasteiger partial charge is 0.342 e. The number of hydrogen-bond acceptors (Lipinski definition) is 3. The lowest BCUT2D eigenvalue weighted by Crippen LogP contribution is -2.48. The summed E-state index contributed by atoms with van der Waals surface area (Å²) in [5, 5.41) is 2.47. The fourth-order valence-electron chi connectivity index (χ4n) is 7.47. The van der Waals surface area contributed by atoms with E-state index in [1.807, 2.05) is 37.8 Å². The third-order valence-corrected chi connectivity index (χ3v) is 9.74.